The lowest BCUT2D eigenvalue weighted by Gasteiger charge is -2.35. The van der Waals surface area contributed by atoms with Gasteiger partial charge in [0.15, 0.2) is 0 Å². The summed E-state index contributed by atoms with van der Waals surface area (Å²) in [5, 5.41) is 0. The highest BCUT2D eigenvalue weighted by Gasteiger charge is 2.31. The van der Waals surface area contributed by atoms with Crippen molar-refractivity contribution in [2.24, 2.45) is 17.6 Å². The summed E-state index contributed by atoms with van der Waals surface area (Å²) in [4.78, 5) is 0. The lowest BCUT2D eigenvalue weighted by molar-refractivity contribution is 0.247. The second-order valence-electron chi connectivity index (χ2n) is 6.37. The summed E-state index contributed by atoms with van der Waals surface area (Å²) in [5.41, 5.74) is 5.66. The zero-order valence-electron chi connectivity index (χ0n) is 12.6. The van der Waals surface area contributed by atoms with Gasteiger partial charge in [0, 0.05) is 26.7 Å². The first kappa shape index (κ1) is 16.2. The fraction of sp³-hybridized carbons (Fsp3) is 1.00. The molecule has 2 aliphatic rings. The Balaban J connectivity index is 1.88. The molecule has 5 nitrogen and oxygen atoms in total. The number of nitrogens with zero attached hydrogens (tertiary/aromatic N) is 2. The Labute approximate surface area is 123 Å². The van der Waals surface area contributed by atoms with Gasteiger partial charge in [0.1, 0.15) is 0 Å². The summed E-state index contributed by atoms with van der Waals surface area (Å²) in [7, 11) is -1.53. The summed E-state index contributed by atoms with van der Waals surface area (Å²) in [6.45, 7) is 2.60. The van der Waals surface area contributed by atoms with Crippen molar-refractivity contribution < 1.29 is 8.42 Å². The quantitative estimate of drug-likeness (QED) is 0.835. The molecule has 2 rings (SSSR count). The highest BCUT2D eigenvalue weighted by Crippen LogP contribution is 2.26. The first-order chi connectivity index (χ1) is 9.54. The molecule has 0 spiro atoms. The van der Waals surface area contributed by atoms with Gasteiger partial charge in [0.25, 0.3) is 10.2 Å². The van der Waals surface area contributed by atoms with Crippen LogP contribution in [0.15, 0.2) is 0 Å². The summed E-state index contributed by atoms with van der Waals surface area (Å²) >= 11 is 0. The molecule has 118 valence electrons. The van der Waals surface area contributed by atoms with Gasteiger partial charge in [-0.25, -0.2) is 0 Å². The molecular formula is C14H29N3O2S. The molecule has 0 bridgehead atoms. The fourth-order valence-electron chi connectivity index (χ4n) is 3.40. The summed E-state index contributed by atoms with van der Waals surface area (Å²) < 4.78 is 28.4. The zero-order chi connectivity index (χ0) is 14.6. The number of rotatable bonds is 5. The maximum absolute atomic E-state index is 12.6. The molecule has 2 fully saturated rings. The first-order valence-electron chi connectivity index (χ1n) is 7.95. The molecule has 1 saturated heterocycles. The van der Waals surface area contributed by atoms with E-state index < -0.39 is 10.2 Å². The first-order valence-corrected chi connectivity index (χ1v) is 9.35. The third kappa shape index (κ3) is 3.93. The van der Waals surface area contributed by atoms with E-state index in [2.05, 4.69) is 0 Å². The zero-order valence-corrected chi connectivity index (χ0v) is 13.4. The minimum atomic E-state index is -3.27. The van der Waals surface area contributed by atoms with Crippen molar-refractivity contribution in [1.29, 1.82) is 0 Å². The Morgan fingerprint density at radius 1 is 1.05 bits per heavy atom. The minimum Gasteiger partial charge on any atom is -0.330 e. The standard InChI is InChI=1S/C14H29N3O2S/c1-16(12-14-5-3-2-4-6-14)20(18,19)17-9-7-13(11-15)8-10-17/h13-14H,2-12,15H2,1H3. The van der Waals surface area contributed by atoms with Crippen molar-refractivity contribution in [3.8, 4) is 0 Å². The van der Waals surface area contributed by atoms with Crippen molar-refractivity contribution in [2.45, 2.75) is 44.9 Å². The summed E-state index contributed by atoms with van der Waals surface area (Å²) in [6, 6.07) is 0. The fourth-order valence-corrected chi connectivity index (χ4v) is 4.87. The van der Waals surface area contributed by atoms with Crippen molar-refractivity contribution in [3.05, 3.63) is 0 Å². The third-order valence-electron chi connectivity index (χ3n) is 4.87. The van der Waals surface area contributed by atoms with E-state index in [1.165, 1.54) is 32.1 Å². The number of piperidine rings is 1. The monoisotopic (exact) mass is 303 g/mol. The summed E-state index contributed by atoms with van der Waals surface area (Å²) in [5.74, 6) is 1.04. The van der Waals surface area contributed by atoms with Gasteiger partial charge in [-0.3, -0.25) is 0 Å². The topological polar surface area (TPSA) is 66.6 Å². The molecule has 0 unspecified atom stereocenters. The Morgan fingerprint density at radius 3 is 2.20 bits per heavy atom. The van der Waals surface area contributed by atoms with Crippen LogP contribution < -0.4 is 5.73 Å². The summed E-state index contributed by atoms with van der Waals surface area (Å²) in [6.07, 6.45) is 7.95. The lowest BCUT2D eigenvalue weighted by atomic mass is 9.89. The van der Waals surface area contributed by atoms with E-state index >= 15 is 0 Å². The highest BCUT2D eigenvalue weighted by atomic mass is 32.2. The molecule has 1 aliphatic carbocycles. The van der Waals surface area contributed by atoms with Gasteiger partial charge in [-0.15, -0.1) is 0 Å². The van der Waals surface area contributed by atoms with Gasteiger partial charge in [0.2, 0.25) is 0 Å². The molecule has 0 aromatic rings. The van der Waals surface area contributed by atoms with E-state index in [4.69, 9.17) is 5.73 Å². The molecule has 6 heteroatoms. The van der Waals surface area contributed by atoms with E-state index in [0.717, 1.165) is 12.8 Å². The van der Waals surface area contributed by atoms with Crippen LogP contribution >= 0.6 is 0 Å². The molecule has 0 radical (unpaired) electrons. The maximum atomic E-state index is 12.6. The molecule has 2 N–H and O–H groups in total. The van der Waals surface area contributed by atoms with Gasteiger partial charge in [-0.2, -0.15) is 17.0 Å². The van der Waals surface area contributed by atoms with Crippen LogP contribution in [0.3, 0.4) is 0 Å². The second kappa shape index (κ2) is 7.20. The number of hydrogen-bond donors (Lipinski definition) is 1. The van der Waals surface area contributed by atoms with Crippen LogP contribution in [0.25, 0.3) is 0 Å². The average Bonchev–Trinajstić information content (AvgIpc) is 2.48. The SMILES string of the molecule is CN(CC1CCCCC1)S(=O)(=O)N1CCC(CN)CC1. The van der Waals surface area contributed by atoms with E-state index in [-0.39, 0.29) is 0 Å². The molecule has 1 aliphatic heterocycles. The smallest absolute Gasteiger partial charge is 0.281 e. The van der Waals surface area contributed by atoms with Crippen LogP contribution in [-0.4, -0.2) is 50.3 Å². The Morgan fingerprint density at radius 2 is 1.65 bits per heavy atom. The van der Waals surface area contributed by atoms with Crippen molar-refractivity contribution in [3.63, 3.8) is 0 Å². The Hall–Kier alpha value is -0.170. The van der Waals surface area contributed by atoms with Gasteiger partial charge >= 0.3 is 0 Å². The molecule has 0 amide bonds. The highest BCUT2D eigenvalue weighted by molar-refractivity contribution is 7.86. The van der Waals surface area contributed by atoms with E-state index in [0.29, 0.717) is 38.0 Å². The molecule has 0 aromatic heterocycles. The van der Waals surface area contributed by atoms with Gasteiger partial charge in [0.05, 0.1) is 0 Å². The van der Waals surface area contributed by atoms with Crippen molar-refractivity contribution >= 4 is 10.2 Å². The Bertz CT molecular complexity index is 385. The van der Waals surface area contributed by atoms with Crippen LogP contribution in [0.5, 0.6) is 0 Å². The predicted octanol–water partition coefficient (Wildman–Crippen LogP) is 1.41. The van der Waals surface area contributed by atoms with Crippen LogP contribution in [0, 0.1) is 11.8 Å². The van der Waals surface area contributed by atoms with Gasteiger partial charge in [-0.1, -0.05) is 19.3 Å². The van der Waals surface area contributed by atoms with Gasteiger partial charge < -0.3 is 5.73 Å². The number of nitrogens with two attached hydrogens (primary N) is 1. The van der Waals surface area contributed by atoms with Gasteiger partial charge in [-0.05, 0) is 44.1 Å². The van der Waals surface area contributed by atoms with E-state index in [9.17, 15) is 8.42 Å². The van der Waals surface area contributed by atoms with Crippen LogP contribution in [0.1, 0.15) is 44.9 Å². The van der Waals surface area contributed by atoms with Crippen molar-refractivity contribution in [2.75, 3.05) is 33.2 Å². The normalized spacial score (nSPS) is 24.4. The predicted molar refractivity (Wildman–Crippen MR) is 81.5 cm³/mol. The minimum absolute atomic E-state index is 0.491. The molecule has 1 heterocycles. The Kier molecular flexibility index (Phi) is 5.84. The van der Waals surface area contributed by atoms with E-state index in [1.54, 1.807) is 15.7 Å². The van der Waals surface area contributed by atoms with Crippen molar-refractivity contribution in [1.82, 2.24) is 8.61 Å². The molecule has 1 saturated carbocycles. The third-order valence-corrected chi connectivity index (χ3v) is 6.82. The number of hydrogen-bond acceptors (Lipinski definition) is 3. The molecule has 0 atom stereocenters. The van der Waals surface area contributed by atoms with E-state index in [1.807, 2.05) is 0 Å². The maximum Gasteiger partial charge on any atom is 0.281 e. The van der Waals surface area contributed by atoms with Crippen LogP contribution in [0.4, 0.5) is 0 Å². The molecule has 0 aromatic carbocycles. The van der Waals surface area contributed by atoms with Crippen LogP contribution in [-0.2, 0) is 10.2 Å². The van der Waals surface area contributed by atoms with Crippen LogP contribution in [0.2, 0.25) is 0 Å². The lowest BCUT2D eigenvalue weighted by Crippen LogP contribution is -2.47. The average molecular weight is 303 g/mol. The molecular weight excluding hydrogens is 274 g/mol. The largest absolute Gasteiger partial charge is 0.330 e. The molecule has 20 heavy (non-hydrogen) atoms. The second-order valence-corrected chi connectivity index (χ2v) is 8.41.